The number of rotatable bonds is 13. The zero-order chi connectivity index (χ0) is 34.0. The molecular formula is C35H53BrN2O6. The second-order valence-electron chi connectivity index (χ2n) is 11.3. The fourth-order valence-electron chi connectivity index (χ4n) is 4.28. The van der Waals surface area contributed by atoms with Gasteiger partial charge in [-0.1, -0.05) is 46.8 Å². The summed E-state index contributed by atoms with van der Waals surface area (Å²) in [6.45, 7) is 25.0. The van der Waals surface area contributed by atoms with Crippen molar-refractivity contribution in [3.05, 3.63) is 91.7 Å². The van der Waals surface area contributed by atoms with Gasteiger partial charge in [0.25, 0.3) is 11.1 Å². The lowest BCUT2D eigenvalue weighted by Crippen LogP contribution is -2.33. The van der Waals surface area contributed by atoms with E-state index in [1.807, 2.05) is 39.8 Å². The number of hydrogen-bond donors (Lipinski definition) is 0. The molecule has 0 N–H and O–H groups in total. The highest BCUT2D eigenvalue weighted by Crippen LogP contribution is 2.21. The lowest BCUT2D eigenvalue weighted by molar-refractivity contribution is -0.148. The van der Waals surface area contributed by atoms with E-state index in [0.717, 1.165) is 16.5 Å². The molecule has 9 heteroatoms. The molecule has 246 valence electrons. The summed E-state index contributed by atoms with van der Waals surface area (Å²) in [5.41, 5.74) is 1.92. The molecule has 2 heterocycles. The minimum Gasteiger partial charge on any atom is -0.464 e. The molecule has 2 rings (SSSR count). The van der Waals surface area contributed by atoms with Crippen LogP contribution in [0.4, 0.5) is 0 Å². The number of pyridine rings is 2. The van der Waals surface area contributed by atoms with Gasteiger partial charge in [0.05, 0.1) is 13.2 Å². The average Bonchev–Trinajstić information content (AvgIpc) is 2.95. The minimum absolute atomic E-state index is 0.137. The summed E-state index contributed by atoms with van der Waals surface area (Å²) < 4.78 is 14.0. The highest BCUT2D eigenvalue weighted by atomic mass is 79.9. The maximum atomic E-state index is 12.4. The number of aromatic nitrogens is 2. The maximum absolute atomic E-state index is 12.4. The Morgan fingerprint density at radius 2 is 1.20 bits per heavy atom. The first-order chi connectivity index (χ1) is 20.7. The molecule has 0 saturated heterocycles. The van der Waals surface area contributed by atoms with E-state index in [-0.39, 0.29) is 29.0 Å². The number of carbonyl (C=O) groups excluding carboxylic acids is 2. The van der Waals surface area contributed by atoms with E-state index in [4.69, 9.17) is 9.47 Å². The molecule has 0 bridgehead atoms. The van der Waals surface area contributed by atoms with Gasteiger partial charge in [-0.2, -0.15) is 0 Å². The second-order valence-corrected chi connectivity index (χ2v) is 12.2. The molecule has 0 radical (unpaired) electrons. The number of ether oxygens (including phenoxy) is 2. The van der Waals surface area contributed by atoms with Crippen LogP contribution in [-0.4, -0.2) is 34.3 Å². The van der Waals surface area contributed by atoms with Crippen LogP contribution in [0.3, 0.4) is 0 Å². The quantitative estimate of drug-likeness (QED) is 0.159. The van der Waals surface area contributed by atoms with Crippen LogP contribution in [0, 0.1) is 25.7 Å². The van der Waals surface area contributed by atoms with Crippen molar-refractivity contribution < 1.29 is 19.1 Å². The number of halogens is 1. The van der Waals surface area contributed by atoms with Crippen LogP contribution in [0.1, 0.15) is 96.5 Å². The fourth-order valence-corrected chi connectivity index (χ4v) is 4.84. The summed E-state index contributed by atoms with van der Waals surface area (Å²) in [6.07, 6.45) is 9.97. The normalized spacial score (nSPS) is 11.8. The van der Waals surface area contributed by atoms with Crippen molar-refractivity contribution >= 4 is 27.9 Å². The Kier molecular flexibility index (Phi) is 19.9. The van der Waals surface area contributed by atoms with Crippen LogP contribution in [-0.2, 0) is 25.5 Å². The highest BCUT2D eigenvalue weighted by molar-refractivity contribution is 9.10. The molecule has 0 fully saturated rings. The molecule has 8 nitrogen and oxygen atoms in total. The summed E-state index contributed by atoms with van der Waals surface area (Å²) in [7, 11) is 0. The van der Waals surface area contributed by atoms with Gasteiger partial charge in [-0.25, -0.2) is 9.59 Å². The predicted molar refractivity (Wildman–Crippen MR) is 183 cm³/mol. The van der Waals surface area contributed by atoms with Gasteiger partial charge in [-0.05, 0) is 98.8 Å². The Balaban J connectivity index is 0.000000752. The number of carbonyl (C=O) groups is 2. The molecule has 0 spiro atoms. The van der Waals surface area contributed by atoms with Crippen LogP contribution >= 0.6 is 15.9 Å². The lowest BCUT2D eigenvalue weighted by Gasteiger charge is -2.21. The molecule has 0 aliphatic heterocycles. The van der Waals surface area contributed by atoms with Crippen molar-refractivity contribution in [2.45, 2.75) is 100 Å². The Morgan fingerprint density at radius 3 is 1.57 bits per heavy atom. The topological polar surface area (TPSA) is 96.6 Å². The molecule has 2 unspecified atom stereocenters. The number of aryl methyl sites for hydroxylation is 2. The van der Waals surface area contributed by atoms with Crippen molar-refractivity contribution in [1.82, 2.24) is 9.13 Å². The van der Waals surface area contributed by atoms with Crippen molar-refractivity contribution in [2.75, 3.05) is 13.2 Å². The Labute approximate surface area is 272 Å². The van der Waals surface area contributed by atoms with Crippen LogP contribution in [0.25, 0.3) is 0 Å². The van der Waals surface area contributed by atoms with E-state index in [2.05, 4.69) is 36.0 Å². The van der Waals surface area contributed by atoms with Crippen LogP contribution in [0.5, 0.6) is 0 Å². The van der Waals surface area contributed by atoms with E-state index in [0.29, 0.717) is 49.5 Å². The number of esters is 2. The monoisotopic (exact) mass is 676 g/mol. The van der Waals surface area contributed by atoms with Crippen LogP contribution in [0.2, 0.25) is 0 Å². The molecule has 0 aromatic carbocycles. The van der Waals surface area contributed by atoms with Crippen molar-refractivity contribution in [3.63, 3.8) is 0 Å². The van der Waals surface area contributed by atoms with Gasteiger partial charge < -0.3 is 14.0 Å². The lowest BCUT2D eigenvalue weighted by atomic mass is 10.0. The molecule has 0 saturated carbocycles. The van der Waals surface area contributed by atoms with Crippen molar-refractivity contribution in [1.29, 1.82) is 0 Å². The zero-order valence-corrected chi connectivity index (χ0v) is 29.7. The Hall–Kier alpha value is -3.20. The molecule has 0 aliphatic rings. The third-order valence-corrected chi connectivity index (χ3v) is 6.75. The maximum Gasteiger partial charge on any atom is 0.329 e. The molecule has 44 heavy (non-hydrogen) atoms. The van der Waals surface area contributed by atoms with Crippen LogP contribution in [0.15, 0.2) is 63.9 Å². The number of hydrogen-bond acceptors (Lipinski definition) is 6. The number of nitrogens with zero attached hydrogens (tertiary/aromatic N) is 2. The molecule has 0 amide bonds. The Morgan fingerprint density at radius 1 is 0.795 bits per heavy atom. The van der Waals surface area contributed by atoms with Crippen molar-refractivity contribution in [3.8, 4) is 0 Å². The van der Waals surface area contributed by atoms with Gasteiger partial charge in [0.1, 0.15) is 12.1 Å². The first-order valence-electron chi connectivity index (χ1n) is 15.3. The molecule has 0 aliphatic carbocycles. The van der Waals surface area contributed by atoms with Gasteiger partial charge in [0.2, 0.25) is 0 Å². The summed E-state index contributed by atoms with van der Waals surface area (Å²) >= 11 is 3.36. The summed E-state index contributed by atoms with van der Waals surface area (Å²) in [5.74, 6) is -0.116. The zero-order valence-electron chi connectivity index (χ0n) is 28.2. The van der Waals surface area contributed by atoms with E-state index in [9.17, 15) is 19.2 Å². The fraction of sp³-hybridized carbons (Fsp3) is 0.543. The molecule has 2 aromatic rings. The smallest absolute Gasteiger partial charge is 0.329 e. The summed E-state index contributed by atoms with van der Waals surface area (Å²) in [6, 6.07) is 2.46. The van der Waals surface area contributed by atoms with E-state index in [1.165, 1.54) is 9.13 Å². The SMILES string of the molecule is C=CCC.C=CCc1cc(C)c(=O)n(C(CC(C)C)C(=O)OCC)c1.CCOC(=O)C(CC(C)C)n1cc(Br)cc(C)c1=O. The van der Waals surface area contributed by atoms with Gasteiger partial charge >= 0.3 is 11.9 Å². The molecular weight excluding hydrogens is 624 g/mol. The number of allylic oxidation sites excluding steroid dienone is 2. The van der Waals surface area contributed by atoms with Crippen molar-refractivity contribution in [2.24, 2.45) is 11.8 Å². The van der Waals surface area contributed by atoms with Crippen LogP contribution < -0.4 is 11.1 Å². The van der Waals surface area contributed by atoms with E-state index < -0.39 is 12.1 Å². The molecule has 2 atom stereocenters. The Bertz CT molecular complexity index is 1330. The summed E-state index contributed by atoms with van der Waals surface area (Å²) in [4.78, 5) is 48.8. The standard InChI is InChI=1S/C17H25NO3.C14H20BrNO3.C4H8/c1-6-8-14-10-13(5)16(19)18(11-14)15(9-12(3)4)17(20)21-7-2;1-5-19-14(18)12(6-9(2)3)16-8-11(15)7-10(4)13(16)17;1-3-4-2/h6,10-12,15H,1,7-9H2,2-5H3;7-9,12H,5-6H2,1-4H3;3H,1,4H2,2H3. The van der Waals surface area contributed by atoms with E-state index in [1.54, 1.807) is 52.2 Å². The minimum atomic E-state index is -0.569. The highest BCUT2D eigenvalue weighted by Gasteiger charge is 2.26. The van der Waals surface area contributed by atoms with E-state index >= 15 is 0 Å². The first-order valence-corrected chi connectivity index (χ1v) is 16.1. The predicted octanol–water partition coefficient (Wildman–Crippen LogP) is 7.69. The van der Waals surface area contributed by atoms with Gasteiger partial charge in [-0.15, -0.1) is 13.2 Å². The summed E-state index contributed by atoms with van der Waals surface area (Å²) in [5, 5.41) is 0. The third-order valence-electron chi connectivity index (χ3n) is 6.31. The van der Waals surface area contributed by atoms with Gasteiger partial charge in [0, 0.05) is 28.0 Å². The largest absolute Gasteiger partial charge is 0.464 e. The average molecular weight is 678 g/mol. The third kappa shape index (κ3) is 14.1. The van der Waals surface area contributed by atoms with Gasteiger partial charge in [-0.3, -0.25) is 14.2 Å². The molecule has 2 aromatic heterocycles. The first kappa shape index (κ1) is 40.8. The second kappa shape index (κ2) is 21.5. The van der Waals surface area contributed by atoms with Gasteiger partial charge in [0.15, 0.2) is 0 Å².